The Kier molecular flexibility index (Phi) is 10.0. The molecule has 3 amide bonds. The Hall–Kier alpha value is -4.66. The minimum atomic E-state index is -1.07. The molecule has 47 heavy (non-hydrogen) atoms. The second kappa shape index (κ2) is 14.0. The molecule has 9 nitrogen and oxygen atoms in total. The molecular weight excluding hydrogens is 592 g/mol. The molecule has 1 fully saturated rings. The van der Waals surface area contributed by atoms with Gasteiger partial charge in [-0.3, -0.25) is 9.69 Å². The van der Waals surface area contributed by atoms with Crippen LogP contribution in [0.1, 0.15) is 83.4 Å². The molecule has 3 aromatic rings. The summed E-state index contributed by atoms with van der Waals surface area (Å²) < 4.78 is 11.2. The van der Waals surface area contributed by atoms with Crippen molar-refractivity contribution in [1.82, 2.24) is 15.5 Å². The molecule has 5 rings (SSSR count). The zero-order chi connectivity index (χ0) is 33.8. The SMILES string of the molecule is CC(C)C[C@]1(c2ccccc2)N/C(=N\C(=O)OC(C)(C)C)N(CCC[C@H](C)NC(=O)OCC2c3ccccc3-c3ccccc32)C1=O. The summed E-state index contributed by atoms with van der Waals surface area (Å²) in [7, 11) is 0. The number of aliphatic imine (C=N–C) groups is 1. The Balaban J connectivity index is 1.23. The number of fused-ring (bicyclic) bond motifs is 3. The summed E-state index contributed by atoms with van der Waals surface area (Å²) in [6.07, 6.45) is 0.398. The van der Waals surface area contributed by atoms with E-state index in [0.717, 1.165) is 16.7 Å². The van der Waals surface area contributed by atoms with Gasteiger partial charge in [0.05, 0.1) is 0 Å². The lowest BCUT2D eigenvalue weighted by molar-refractivity contribution is -0.132. The molecule has 1 aliphatic heterocycles. The third-order valence-corrected chi connectivity index (χ3v) is 8.49. The predicted octanol–water partition coefficient (Wildman–Crippen LogP) is 7.36. The van der Waals surface area contributed by atoms with Crippen molar-refractivity contribution in [1.29, 1.82) is 0 Å². The molecule has 0 bridgehead atoms. The number of hydrogen-bond donors (Lipinski definition) is 2. The van der Waals surface area contributed by atoms with Gasteiger partial charge in [0.15, 0.2) is 0 Å². The van der Waals surface area contributed by atoms with Crippen LogP contribution in [0, 0.1) is 5.92 Å². The Labute approximate surface area is 277 Å². The highest BCUT2D eigenvalue weighted by molar-refractivity contribution is 6.11. The molecular formula is C38H46N4O5. The second-order valence-corrected chi connectivity index (χ2v) is 13.9. The molecule has 0 spiro atoms. The standard InChI is InChI=1S/C38H46N4O5/c1-25(2)23-38(27-16-8-7-9-17-27)33(43)42(34(41-38)40-36(45)47-37(4,5)6)22-14-15-26(3)39-35(44)46-24-32-30-20-12-10-18-28(30)29-19-11-13-21-31(29)32/h7-13,16-21,25-26,32H,14-15,22-24H2,1-6H3,(H,39,44)(H,40,41,45)/t26-,38+/m0/s1. The molecule has 1 aliphatic carbocycles. The molecule has 2 atom stereocenters. The number of carbonyl (C=O) groups is 3. The number of benzene rings is 3. The van der Waals surface area contributed by atoms with Crippen molar-refractivity contribution in [2.45, 2.75) is 83.9 Å². The van der Waals surface area contributed by atoms with E-state index in [4.69, 9.17) is 9.47 Å². The van der Waals surface area contributed by atoms with E-state index in [0.29, 0.717) is 25.8 Å². The summed E-state index contributed by atoms with van der Waals surface area (Å²) in [6, 6.07) is 25.8. The quantitative estimate of drug-likeness (QED) is 0.240. The van der Waals surface area contributed by atoms with Crippen molar-refractivity contribution in [3.05, 3.63) is 95.6 Å². The van der Waals surface area contributed by atoms with E-state index in [-0.39, 0.29) is 36.4 Å². The normalized spacial score (nSPS) is 18.9. The van der Waals surface area contributed by atoms with Crippen molar-refractivity contribution in [3.63, 3.8) is 0 Å². The maximum atomic E-state index is 14.2. The van der Waals surface area contributed by atoms with Crippen molar-refractivity contribution >= 4 is 24.1 Å². The minimum Gasteiger partial charge on any atom is -0.449 e. The van der Waals surface area contributed by atoms with Crippen molar-refractivity contribution in [2.24, 2.45) is 10.9 Å². The first-order valence-corrected chi connectivity index (χ1v) is 16.5. The number of hydrogen-bond acceptors (Lipinski definition) is 5. The topological polar surface area (TPSA) is 109 Å². The number of guanidine groups is 1. The van der Waals surface area contributed by atoms with Crippen LogP contribution in [-0.4, -0.2) is 53.7 Å². The van der Waals surface area contributed by atoms with Gasteiger partial charge in [0.2, 0.25) is 5.96 Å². The van der Waals surface area contributed by atoms with E-state index in [1.54, 1.807) is 25.7 Å². The first kappa shape index (κ1) is 33.7. The lowest BCUT2D eigenvalue weighted by Crippen LogP contribution is -2.45. The zero-order valence-electron chi connectivity index (χ0n) is 28.2. The van der Waals surface area contributed by atoms with Gasteiger partial charge < -0.3 is 20.1 Å². The molecule has 0 aromatic heterocycles. The Bertz CT molecular complexity index is 1580. The van der Waals surface area contributed by atoms with Crippen molar-refractivity contribution in [3.8, 4) is 11.1 Å². The fraction of sp³-hybridized carbons (Fsp3) is 0.421. The first-order valence-electron chi connectivity index (χ1n) is 16.5. The van der Waals surface area contributed by atoms with Crippen LogP contribution in [0.4, 0.5) is 9.59 Å². The van der Waals surface area contributed by atoms with E-state index in [2.05, 4.69) is 53.7 Å². The maximum Gasteiger partial charge on any atom is 0.437 e. The lowest BCUT2D eigenvalue weighted by atomic mass is 9.82. The van der Waals surface area contributed by atoms with Crippen LogP contribution >= 0.6 is 0 Å². The Morgan fingerprint density at radius 2 is 1.53 bits per heavy atom. The van der Waals surface area contributed by atoms with E-state index >= 15 is 0 Å². The summed E-state index contributed by atoms with van der Waals surface area (Å²) >= 11 is 0. The monoisotopic (exact) mass is 638 g/mol. The number of nitrogens with one attached hydrogen (secondary N) is 2. The first-order chi connectivity index (χ1) is 22.4. The van der Waals surface area contributed by atoms with Crippen LogP contribution in [0.15, 0.2) is 83.9 Å². The summed E-state index contributed by atoms with van der Waals surface area (Å²) in [5.41, 5.74) is 3.68. The number of ether oxygens (including phenoxy) is 2. The number of nitrogens with zero attached hydrogens (tertiary/aromatic N) is 2. The van der Waals surface area contributed by atoms with Crippen LogP contribution in [0.2, 0.25) is 0 Å². The molecule has 2 N–H and O–H groups in total. The number of amides is 3. The third kappa shape index (κ3) is 7.67. The van der Waals surface area contributed by atoms with Gasteiger partial charge in [0.1, 0.15) is 17.7 Å². The summed E-state index contributed by atoms with van der Waals surface area (Å²) in [5.74, 6) is 0.161. The molecule has 3 aromatic carbocycles. The van der Waals surface area contributed by atoms with E-state index in [9.17, 15) is 14.4 Å². The van der Waals surface area contributed by atoms with E-state index < -0.39 is 23.3 Å². The maximum absolute atomic E-state index is 14.2. The lowest BCUT2D eigenvalue weighted by Gasteiger charge is -2.29. The van der Waals surface area contributed by atoms with Gasteiger partial charge in [-0.05, 0) is 80.7 Å². The largest absolute Gasteiger partial charge is 0.449 e. The van der Waals surface area contributed by atoms with Gasteiger partial charge in [-0.25, -0.2) is 9.59 Å². The van der Waals surface area contributed by atoms with Crippen LogP contribution in [0.25, 0.3) is 11.1 Å². The molecule has 0 unspecified atom stereocenters. The van der Waals surface area contributed by atoms with Gasteiger partial charge in [0.25, 0.3) is 5.91 Å². The summed E-state index contributed by atoms with van der Waals surface area (Å²) in [5, 5.41) is 6.27. The van der Waals surface area contributed by atoms with Gasteiger partial charge in [-0.2, -0.15) is 0 Å². The van der Waals surface area contributed by atoms with E-state index in [1.807, 2.05) is 61.5 Å². The van der Waals surface area contributed by atoms with Gasteiger partial charge in [-0.1, -0.05) is 92.7 Å². The third-order valence-electron chi connectivity index (χ3n) is 8.49. The number of carbonyl (C=O) groups excluding carboxylic acids is 3. The smallest absolute Gasteiger partial charge is 0.437 e. The molecule has 248 valence electrons. The predicted molar refractivity (Wildman–Crippen MR) is 183 cm³/mol. The van der Waals surface area contributed by atoms with Gasteiger partial charge in [0, 0.05) is 18.5 Å². The van der Waals surface area contributed by atoms with Crippen LogP contribution in [0.5, 0.6) is 0 Å². The highest BCUT2D eigenvalue weighted by Gasteiger charge is 2.51. The second-order valence-electron chi connectivity index (χ2n) is 13.9. The molecule has 0 saturated carbocycles. The Morgan fingerprint density at radius 1 is 0.936 bits per heavy atom. The fourth-order valence-corrected chi connectivity index (χ4v) is 6.56. The fourth-order valence-electron chi connectivity index (χ4n) is 6.56. The van der Waals surface area contributed by atoms with Crippen LogP contribution < -0.4 is 10.6 Å². The molecule has 2 aliphatic rings. The molecule has 1 heterocycles. The van der Waals surface area contributed by atoms with Crippen LogP contribution in [0.3, 0.4) is 0 Å². The number of rotatable bonds is 10. The van der Waals surface area contributed by atoms with Crippen molar-refractivity contribution < 1.29 is 23.9 Å². The van der Waals surface area contributed by atoms with Crippen molar-refractivity contribution in [2.75, 3.05) is 13.2 Å². The highest BCUT2D eigenvalue weighted by Crippen LogP contribution is 2.44. The number of alkyl carbamates (subject to hydrolysis) is 1. The Morgan fingerprint density at radius 3 is 2.13 bits per heavy atom. The molecule has 0 radical (unpaired) electrons. The molecule has 1 saturated heterocycles. The average Bonchev–Trinajstić information content (AvgIpc) is 3.47. The van der Waals surface area contributed by atoms with Gasteiger partial charge in [-0.15, -0.1) is 4.99 Å². The summed E-state index contributed by atoms with van der Waals surface area (Å²) in [4.78, 5) is 45.6. The zero-order valence-corrected chi connectivity index (χ0v) is 28.2. The average molecular weight is 639 g/mol. The summed E-state index contributed by atoms with van der Waals surface area (Å²) in [6.45, 7) is 11.9. The van der Waals surface area contributed by atoms with Gasteiger partial charge >= 0.3 is 12.2 Å². The molecule has 9 heteroatoms. The minimum absolute atomic E-state index is 0.0180. The highest BCUT2D eigenvalue weighted by atomic mass is 16.6. The van der Waals surface area contributed by atoms with E-state index in [1.165, 1.54) is 11.1 Å². The van der Waals surface area contributed by atoms with Crippen LogP contribution in [-0.2, 0) is 19.8 Å².